The van der Waals surface area contributed by atoms with Crippen LogP contribution in [0.1, 0.15) is 37.1 Å². The minimum Gasteiger partial charge on any atom is -0.368 e. The molecule has 0 aliphatic heterocycles. The maximum atomic E-state index is 11.8. The van der Waals surface area contributed by atoms with Crippen LogP contribution in [0.2, 0.25) is 0 Å². The van der Waals surface area contributed by atoms with Gasteiger partial charge in [-0.15, -0.1) is 0 Å². The van der Waals surface area contributed by atoms with Gasteiger partial charge in [-0.1, -0.05) is 18.2 Å². The summed E-state index contributed by atoms with van der Waals surface area (Å²) in [5.74, 6) is 0.989. The molecule has 2 unspecified atom stereocenters. The number of amides is 1. The van der Waals surface area contributed by atoms with Gasteiger partial charge in [-0.25, -0.2) is 9.97 Å². The van der Waals surface area contributed by atoms with Crippen molar-refractivity contribution in [2.45, 2.75) is 50.2 Å². The average molecular weight is 308 g/mol. The zero-order valence-corrected chi connectivity index (χ0v) is 13.8. The van der Waals surface area contributed by atoms with Gasteiger partial charge in [-0.2, -0.15) is 0 Å². The Bertz CT molecular complexity index is 502. The monoisotopic (exact) mass is 308 g/mol. The van der Waals surface area contributed by atoms with E-state index in [1.54, 1.807) is 11.8 Å². The third-order valence-corrected chi connectivity index (χ3v) is 5.25. The van der Waals surface area contributed by atoms with Crippen LogP contribution in [0.15, 0.2) is 11.2 Å². The van der Waals surface area contributed by atoms with Crippen molar-refractivity contribution in [2.75, 3.05) is 12.8 Å². The Morgan fingerprint density at radius 3 is 2.71 bits per heavy atom. The van der Waals surface area contributed by atoms with Gasteiger partial charge in [0.15, 0.2) is 5.16 Å². The topological polar surface area (TPSA) is 80.9 Å². The molecule has 1 aromatic rings. The molecule has 5 nitrogen and oxygen atoms in total. The molecule has 0 aromatic carbocycles. The number of likely N-dealkylation sites (N-methyl/N-ethyl adjacent to an activating group) is 1. The van der Waals surface area contributed by atoms with E-state index in [4.69, 9.17) is 5.73 Å². The lowest BCUT2D eigenvalue weighted by molar-refractivity contribution is -0.125. The highest BCUT2D eigenvalue weighted by Crippen LogP contribution is 2.38. The van der Waals surface area contributed by atoms with Crippen molar-refractivity contribution in [2.24, 2.45) is 11.7 Å². The molecule has 21 heavy (non-hydrogen) atoms. The predicted octanol–water partition coefficient (Wildman–Crippen LogP) is 1.82. The van der Waals surface area contributed by atoms with Crippen molar-refractivity contribution in [3.05, 3.63) is 17.5 Å². The number of carbonyl (C=O) groups is 1. The second-order valence-corrected chi connectivity index (χ2v) is 6.81. The number of hydrogen-bond acceptors (Lipinski definition) is 5. The predicted molar refractivity (Wildman–Crippen MR) is 85.2 cm³/mol. The van der Waals surface area contributed by atoms with Crippen molar-refractivity contribution in [3.63, 3.8) is 0 Å². The van der Waals surface area contributed by atoms with Gasteiger partial charge >= 0.3 is 0 Å². The van der Waals surface area contributed by atoms with Gasteiger partial charge in [0, 0.05) is 17.1 Å². The normalized spacial score (nSPS) is 25.2. The van der Waals surface area contributed by atoms with Crippen molar-refractivity contribution in [1.82, 2.24) is 15.3 Å². The van der Waals surface area contributed by atoms with Crippen molar-refractivity contribution in [3.8, 4) is 0 Å². The van der Waals surface area contributed by atoms with Crippen LogP contribution in [0.25, 0.3) is 0 Å². The molecule has 0 bridgehead atoms. The van der Waals surface area contributed by atoms with E-state index in [-0.39, 0.29) is 5.91 Å². The van der Waals surface area contributed by atoms with Crippen LogP contribution < -0.4 is 11.1 Å². The molecule has 1 fully saturated rings. The van der Waals surface area contributed by atoms with Crippen LogP contribution in [0.4, 0.5) is 0 Å². The van der Waals surface area contributed by atoms with E-state index >= 15 is 0 Å². The fourth-order valence-corrected chi connectivity index (χ4v) is 4.30. The Balaban J connectivity index is 1.95. The fourth-order valence-electron chi connectivity index (χ4n) is 3.30. The molecule has 0 saturated heterocycles. The number of hydrogen-bond donors (Lipinski definition) is 2. The van der Waals surface area contributed by atoms with Gasteiger partial charge in [-0.3, -0.25) is 4.79 Å². The van der Waals surface area contributed by atoms with Crippen LogP contribution in [0.5, 0.6) is 0 Å². The molecular formula is C15H24N4OS. The van der Waals surface area contributed by atoms with E-state index in [0.29, 0.717) is 5.92 Å². The zero-order valence-electron chi connectivity index (χ0n) is 13.0. The van der Waals surface area contributed by atoms with Crippen LogP contribution in [-0.4, -0.2) is 34.2 Å². The van der Waals surface area contributed by atoms with Crippen LogP contribution in [-0.2, 0) is 4.79 Å². The lowest BCUT2D eigenvalue weighted by Gasteiger charge is -2.32. The lowest BCUT2D eigenvalue weighted by atomic mass is 9.84. The lowest BCUT2D eigenvalue weighted by Crippen LogP contribution is -2.56. The number of nitrogens with one attached hydrogen (secondary N) is 1. The molecule has 6 heteroatoms. The maximum Gasteiger partial charge on any atom is 0.238 e. The Morgan fingerprint density at radius 2 is 2.14 bits per heavy atom. The largest absolute Gasteiger partial charge is 0.368 e. The minimum atomic E-state index is -0.524. The second-order valence-electron chi connectivity index (χ2n) is 5.75. The first-order valence-electron chi connectivity index (χ1n) is 7.42. The Labute approximate surface area is 130 Å². The van der Waals surface area contributed by atoms with Crippen molar-refractivity contribution < 1.29 is 4.79 Å². The summed E-state index contributed by atoms with van der Waals surface area (Å²) >= 11 is 1.66. The first-order chi connectivity index (χ1) is 9.98. The molecule has 0 radical (unpaired) electrons. The summed E-state index contributed by atoms with van der Waals surface area (Å²) in [5, 5.41) is 4.00. The molecule has 116 valence electrons. The van der Waals surface area contributed by atoms with Gasteiger partial charge in [0.2, 0.25) is 5.91 Å². The molecule has 2 atom stereocenters. The zero-order chi connectivity index (χ0) is 15.5. The van der Waals surface area contributed by atoms with Gasteiger partial charge in [0.25, 0.3) is 0 Å². The summed E-state index contributed by atoms with van der Waals surface area (Å²) in [6.45, 7) is 3.96. The number of nitrogens with two attached hydrogens (primary N) is 1. The number of carbonyl (C=O) groups excluding carboxylic acids is 1. The number of aromatic nitrogens is 2. The van der Waals surface area contributed by atoms with E-state index in [2.05, 4.69) is 15.3 Å². The molecular weight excluding hydrogens is 284 g/mol. The number of thioether (sulfide) groups is 1. The average Bonchev–Trinajstić information content (AvgIpc) is 2.82. The van der Waals surface area contributed by atoms with Crippen LogP contribution >= 0.6 is 11.8 Å². The number of aryl methyl sites for hydroxylation is 2. The van der Waals surface area contributed by atoms with Gasteiger partial charge in [-0.05, 0) is 52.1 Å². The highest BCUT2D eigenvalue weighted by Gasteiger charge is 2.45. The highest BCUT2D eigenvalue weighted by molar-refractivity contribution is 7.99. The van der Waals surface area contributed by atoms with E-state index < -0.39 is 5.54 Å². The van der Waals surface area contributed by atoms with Gasteiger partial charge in [0.1, 0.15) is 5.54 Å². The van der Waals surface area contributed by atoms with E-state index in [1.807, 2.05) is 27.0 Å². The smallest absolute Gasteiger partial charge is 0.238 e. The summed E-state index contributed by atoms with van der Waals surface area (Å²) in [6, 6.07) is 1.97. The number of primary amides is 1. The quantitative estimate of drug-likeness (QED) is 0.619. The minimum absolute atomic E-state index is 0.222. The molecule has 1 amide bonds. The Hall–Kier alpha value is -1.14. The second kappa shape index (κ2) is 6.75. The number of rotatable bonds is 6. The summed E-state index contributed by atoms with van der Waals surface area (Å²) < 4.78 is 0. The first kappa shape index (κ1) is 16.2. The molecule has 1 saturated carbocycles. The summed E-state index contributed by atoms with van der Waals surface area (Å²) in [4.78, 5) is 20.7. The molecule has 1 aromatic heterocycles. The highest BCUT2D eigenvalue weighted by atomic mass is 32.2. The van der Waals surface area contributed by atoms with E-state index in [0.717, 1.165) is 48.0 Å². The maximum absolute atomic E-state index is 11.8. The van der Waals surface area contributed by atoms with Crippen molar-refractivity contribution >= 4 is 17.7 Å². The third-order valence-electron chi connectivity index (χ3n) is 4.37. The molecule has 1 aliphatic carbocycles. The first-order valence-corrected chi connectivity index (χ1v) is 8.40. The van der Waals surface area contributed by atoms with E-state index in [9.17, 15) is 4.79 Å². The standard InChI is InChI=1S/C15H24N4OS/c1-10-9-11(2)19-14(18-10)21-8-6-12-5-4-7-15(12,17-3)13(16)20/h9,12,17H,4-8H2,1-3H3,(H2,16,20). The van der Waals surface area contributed by atoms with Crippen LogP contribution in [0, 0.1) is 19.8 Å². The number of nitrogens with zero attached hydrogens (tertiary/aromatic N) is 2. The van der Waals surface area contributed by atoms with Gasteiger partial charge in [0.05, 0.1) is 0 Å². The summed E-state index contributed by atoms with van der Waals surface area (Å²) in [7, 11) is 1.84. The molecule has 0 spiro atoms. The fraction of sp³-hybridized carbons (Fsp3) is 0.667. The summed E-state index contributed by atoms with van der Waals surface area (Å²) in [5.41, 5.74) is 7.09. The SMILES string of the molecule is CNC1(C(N)=O)CCCC1CCSc1nc(C)cc(C)n1. The Kier molecular flexibility index (Phi) is 5.22. The molecule has 2 rings (SSSR count). The van der Waals surface area contributed by atoms with Gasteiger partial charge < -0.3 is 11.1 Å². The van der Waals surface area contributed by atoms with E-state index in [1.165, 1.54) is 0 Å². The third kappa shape index (κ3) is 3.55. The van der Waals surface area contributed by atoms with Crippen LogP contribution in [0.3, 0.4) is 0 Å². The molecule has 1 heterocycles. The van der Waals surface area contributed by atoms with Crippen molar-refractivity contribution in [1.29, 1.82) is 0 Å². The Morgan fingerprint density at radius 1 is 1.48 bits per heavy atom. The molecule has 3 N–H and O–H groups in total. The summed E-state index contributed by atoms with van der Waals surface area (Å²) in [6.07, 6.45) is 3.90. The molecule has 1 aliphatic rings.